The largest absolute Gasteiger partial charge is 0.305 e. The van der Waals surface area contributed by atoms with Crippen molar-refractivity contribution >= 4 is 11.3 Å². The molecular weight excluding hydrogens is 228 g/mol. The van der Waals surface area contributed by atoms with Gasteiger partial charge in [-0.1, -0.05) is 19.3 Å². The lowest BCUT2D eigenvalue weighted by Crippen LogP contribution is -2.54. The van der Waals surface area contributed by atoms with Crippen LogP contribution >= 0.6 is 11.3 Å². The van der Waals surface area contributed by atoms with Crippen molar-refractivity contribution in [3.63, 3.8) is 0 Å². The summed E-state index contributed by atoms with van der Waals surface area (Å²) in [5.74, 6) is 0. The lowest BCUT2D eigenvalue weighted by molar-refractivity contribution is 0.0174. The van der Waals surface area contributed by atoms with Crippen LogP contribution in [0, 0.1) is 5.41 Å². The van der Waals surface area contributed by atoms with E-state index in [0.717, 1.165) is 6.04 Å². The van der Waals surface area contributed by atoms with Crippen LogP contribution in [-0.2, 0) is 0 Å². The molecule has 1 N–H and O–H groups in total. The summed E-state index contributed by atoms with van der Waals surface area (Å²) in [5.41, 5.74) is 0.657. The molecule has 2 nitrogen and oxygen atoms in total. The van der Waals surface area contributed by atoms with Crippen LogP contribution in [0.4, 0.5) is 0 Å². The van der Waals surface area contributed by atoms with Crippen LogP contribution in [-0.4, -0.2) is 11.0 Å². The van der Waals surface area contributed by atoms with Crippen LogP contribution < -0.4 is 5.32 Å². The maximum Gasteiger partial charge on any atom is 0.109 e. The van der Waals surface area contributed by atoms with Gasteiger partial charge in [-0.15, -0.1) is 11.3 Å². The molecule has 2 saturated carbocycles. The van der Waals surface area contributed by atoms with E-state index >= 15 is 0 Å². The Labute approximate surface area is 108 Å². The summed E-state index contributed by atoms with van der Waals surface area (Å²) in [6.07, 6.45) is 12.0. The highest BCUT2D eigenvalue weighted by Crippen LogP contribution is 2.52. The van der Waals surface area contributed by atoms with Gasteiger partial charge in [0.2, 0.25) is 0 Å². The van der Waals surface area contributed by atoms with Crippen molar-refractivity contribution in [2.45, 2.75) is 64.0 Å². The van der Waals surface area contributed by atoms with Gasteiger partial charge in [-0.05, 0) is 38.0 Å². The van der Waals surface area contributed by atoms with Crippen LogP contribution in [0.3, 0.4) is 0 Å². The Hall–Kier alpha value is -0.410. The van der Waals surface area contributed by atoms with Gasteiger partial charge < -0.3 is 5.32 Å². The van der Waals surface area contributed by atoms with Crippen molar-refractivity contribution in [1.29, 1.82) is 0 Å². The van der Waals surface area contributed by atoms with E-state index in [1.807, 2.05) is 6.20 Å². The molecule has 3 rings (SSSR count). The lowest BCUT2D eigenvalue weighted by atomic mass is 9.57. The molecule has 1 aromatic heterocycles. The SMILES string of the molecule is CC(NC1CCC12CCCCC2)c1nccs1. The summed E-state index contributed by atoms with van der Waals surface area (Å²) >= 11 is 1.77. The highest BCUT2D eigenvalue weighted by molar-refractivity contribution is 7.09. The fourth-order valence-electron chi connectivity index (χ4n) is 3.63. The van der Waals surface area contributed by atoms with Gasteiger partial charge in [0.05, 0.1) is 6.04 Å². The molecule has 2 fully saturated rings. The maximum atomic E-state index is 4.42. The molecule has 0 radical (unpaired) electrons. The Balaban J connectivity index is 1.62. The highest BCUT2D eigenvalue weighted by atomic mass is 32.1. The predicted octanol–water partition coefficient (Wildman–Crippen LogP) is 3.91. The van der Waals surface area contributed by atoms with Crippen molar-refractivity contribution < 1.29 is 0 Å². The first-order valence-corrected chi connectivity index (χ1v) is 7.84. The lowest BCUT2D eigenvalue weighted by Gasteiger charge is -2.53. The first-order chi connectivity index (χ1) is 8.30. The fraction of sp³-hybridized carbons (Fsp3) is 0.786. The molecule has 0 bridgehead atoms. The average Bonchev–Trinajstić information content (AvgIpc) is 2.89. The molecule has 0 saturated heterocycles. The second-order valence-electron chi connectivity index (χ2n) is 5.77. The number of hydrogen-bond donors (Lipinski definition) is 1. The molecule has 0 aliphatic heterocycles. The minimum absolute atomic E-state index is 0.430. The molecule has 1 spiro atoms. The van der Waals surface area contributed by atoms with E-state index < -0.39 is 0 Å². The third kappa shape index (κ3) is 2.15. The molecule has 2 unspecified atom stereocenters. The zero-order valence-electron chi connectivity index (χ0n) is 10.6. The first-order valence-electron chi connectivity index (χ1n) is 6.96. The molecular formula is C14H22N2S. The van der Waals surface area contributed by atoms with Gasteiger partial charge in [0.15, 0.2) is 0 Å². The zero-order chi connectivity index (χ0) is 11.7. The summed E-state index contributed by atoms with van der Waals surface area (Å²) in [6, 6.07) is 1.18. The van der Waals surface area contributed by atoms with Crippen molar-refractivity contribution in [3.8, 4) is 0 Å². The van der Waals surface area contributed by atoms with Crippen molar-refractivity contribution in [2.75, 3.05) is 0 Å². The third-order valence-electron chi connectivity index (χ3n) is 4.79. The van der Waals surface area contributed by atoms with Gasteiger partial charge >= 0.3 is 0 Å². The molecule has 1 heterocycles. The van der Waals surface area contributed by atoms with Gasteiger partial charge in [-0.2, -0.15) is 0 Å². The van der Waals surface area contributed by atoms with Gasteiger partial charge in [0, 0.05) is 17.6 Å². The van der Waals surface area contributed by atoms with E-state index in [-0.39, 0.29) is 0 Å². The number of aromatic nitrogens is 1. The number of hydrogen-bond acceptors (Lipinski definition) is 3. The standard InChI is InChI=1S/C14H22N2S/c1-11(13-15-9-10-17-13)16-12-5-8-14(12)6-3-2-4-7-14/h9-12,16H,2-8H2,1H3. The molecule has 0 amide bonds. The van der Waals surface area contributed by atoms with Crippen molar-refractivity contribution in [1.82, 2.24) is 10.3 Å². The number of nitrogens with one attached hydrogen (secondary N) is 1. The molecule has 0 aromatic carbocycles. The monoisotopic (exact) mass is 250 g/mol. The normalized spacial score (nSPS) is 28.9. The van der Waals surface area contributed by atoms with Gasteiger partial charge in [0.25, 0.3) is 0 Å². The molecule has 3 heteroatoms. The van der Waals surface area contributed by atoms with Gasteiger partial charge in [0.1, 0.15) is 5.01 Å². The topological polar surface area (TPSA) is 24.9 Å². The minimum atomic E-state index is 0.430. The van der Waals surface area contributed by atoms with E-state index in [1.165, 1.54) is 50.0 Å². The van der Waals surface area contributed by atoms with Crippen LogP contribution in [0.5, 0.6) is 0 Å². The summed E-state index contributed by atoms with van der Waals surface area (Å²) in [7, 11) is 0. The smallest absolute Gasteiger partial charge is 0.109 e. The fourth-order valence-corrected chi connectivity index (χ4v) is 4.29. The van der Waals surface area contributed by atoms with E-state index in [9.17, 15) is 0 Å². The summed E-state index contributed by atoms with van der Waals surface area (Å²) in [6.45, 7) is 2.26. The quantitative estimate of drug-likeness (QED) is 0.880. The van der Waals surface area contributed by atoms with E-state index in [0.29, 0.717) is 11.5 Å². The average molecular weight is 250 g/mol. The Morgan fingerprint density at radius 2 is 2.18 bits per heavy atom. The Morgan fingerprint density at radius 1 is 1.35 bits per heavy atom. The van der Waals surface area contributed by atoms with Crippen LogP contribution in [0.1, 0.15) is 62.9 Å². The molecule has 1 aromatic rings. The number of rotatable bonds is 3. The first kappa shape index (κ1) is 11.7. The maximum absolute atomic E-state index is 4.42. The molecule has 2 aliphatic rings. The summed E-state index contributed by atoms with van der Waals surface area (Å²) in [5, 5.41) is 7.14. The predicted molar refractivity (Wildman–Crippen MR) is 72.2 cm³/mol. The third-order valence-corrected chi connectivity index (χ3v) is 5.75. The van der Waals surface area contributed by atoms with Crippen LogP contribution in [0.15, 0.2) is 11.6 Å². The number of nitrogens with zero attached hydrogens (tertiary/aromatic N) is 1. The Morgan fingerprint density at radius 3 is 2.76 bits per heavy atom. The highest BCUT2D eigenvalue weighted by Gasteiger charge is 2.47. The molecule has 17 heavy (non-hydrogen) atoms. The summed E-state index contributed by atoms with van der Waals surface area (Å²) in [4.78, 5) is 4.42. The van der Waals surface area contributed by atoms with E-state index in [2.05, 4.69) is 22.6 Å². The molecule has 94 valence electrons. The Kier molecular flexibility index (Phi) is 3.22. The number of thiazole rings is 1. The zero-order valence-corrected chi connectivity index (χ0v) is 11.4. The summed E-state index contributed by atoms with van der Waals surface area (Å²) < 4.78 is 0. The van der Waals surface area contributed by atoms with Crippen LogP contribution in [0.2, 0.25) is 0 Å². The second kappa shape index (κ2) is 4.69. The van der Waals surface area contributed by atoms with Gasteiger partial charge in [-0.3, -0.25) is 0 Å². The van der Waals surface area contributed by atoms with Crippen LogP contribution in [0.25, 0.3) is 0 Å². The van der Waals surface area contributed by atoms with E-state index in [4.69, 9.17) is 0 Å². The minimum Gasteiger partial charge on any atom is -0.305 e. The van der Waals surface area contributed by atoms with Crippen molar-refractivity contribution in [3.05, 3.63) is 16.6 Å². The molecule has 2 atom stereocenters. The van der Waals surface area contributed by atoms with E-state index in [1.54, 1.807) is 11.3 Å². The van der Waals surface area contributed by atoms with Crippen molar-refractivity contribution in [2.24, 2.45) is 5.41 Å². The second-order valence-corrected chi connectivity index (χ2v) is 6.70. The molecule has 2 aliphatic carbocycles. The van der Waals surface area contributed by atoms with Gasteiger partial charge in [-0.25, -0.2) is 4.98 Å². The Bertz CT molecular complexity index is 354.